The molecule has 1 unspecified atom stereocenters. The van der Waals surface area contributed by atoms with Gasteiger partial charge in [-0.3, -0.25) is 9.59 Å². The summed E-state index contributed by atoms with van der Waals surface area (Å²) in [5.41, 5.74) is 9.10. The van der Waals surface area contributed by atoms with E-state index in [1.165, 1.54) is 7.11 Å². The Morgan fingerprint density at radius 3 is 2.25 bits per heavy atom. The Morgan fingerprint density at radius 2 is 1.60 bits per heavy atom. The molecule has 2 aliphatic heterocycles. The van der Waals surface area contributed by atoms with E-state index in [1.54, 1.807) is 0 Å². The van der Waals surface area contributed by atoms with Crippen molar-refractivity contribution in [3.8, 4) is 0 Å². The lowest BCUT2D eigenvalue weighted by Crippen LogP contribution is -2.37. The van der Waals surface area contributed by atoms with Gasteiger partial charge in [0.1, 0.15) is 5.92 Å². The van der Waals surface area contributed by atoms with Gasteiger partial charge in [0.2, 0.25) is 0 Å². The average Bonchev–Trinajstić information content (AvgIpc) is 3.66. The lowest BCUT2D eigenvalue weighted by atomic mass is 9.81. The molecule has 5 N–H and O–H groups in total. The van der Waals surface area contributed by atoms with Crippen LogP contribution in [0.2, 0.25) is 0 Å². The number of nitrogens with one attached hydrogen (secondary N) is 4. The van der Waals surface area contributed by atoms with E-state index in [9.17, 15) is 14.7 Å². The second kappa shape index (κ2) is 9.18. The number of aromatic amines is 3. The first-order valence-electron chi connectivity index (χ1n) is 13.9. The van der Waals surface area contributed by atoms with Gasteiger partial charge in [0.25, 0.3) is 0 Å². The van der Waals surface area contributed by atoms with E-state index in [-0.39, 0.29) is 23.7 Å². The molecule has 0 radical (unpaired) electrons. The SMILES string of the molecule is CC[C@@H]1C2N/C(=C\c3[nH]c(c(C)c3C)/C=c3\[nH]c(c(C)\c3=C\O)/C=c3\[nH]c4c(c3C)C(=O)[C@H](C(=O)OC)C=42)[C@H]1C. The number of rotatable bonds is 2. The van der Waals surface area contributed by atoms with E-state index in [1.807, 2.05) is 26.0 Å². The molecule has 8 bridgehead atoms. The molecule has 0 saturated carbocycles. The number of ketones is 1. The van der Waals surface area contributed by atoms with Crippen LogP contribution in [0, 0.1) is 45.4 Å². The predicted molar refractivity (Wildman–Crippen MR) is 155 cm³/mol. The fourth-order valence-corrected chi connectivity index (χ4v) is 6.95. The van der Waals surface area contributed by atoms with E-state index in [0.717, 1.165) is 74.0 Å². The molecule has 6 rings (SSSR count). The first-order chi connectivity index (χ1) is 19.1. The summed E-state index contributed by atoms with van der Waals surface area (Å²) < 4.78 is 5.16. The van der Waals surface area contributed by atoms with Crippen LogP contribution in [0.1, 0.15) is 70.0 Å². The number of fused-ring (bicyclic) bond motifs is 8. The summed E-state index contributed by atoms with van der Waals surface area (Å²) in [6.07, 6.45) is 8.17. The summed E-state index contributed by atoms with van der Waals surface area (Å²) in [5, 5.41) is 16.9. The van der Waals surface area contributed by atoms with Gasteiger partial charge in [-0.1, -0.05) is 20.3 Å². The molecule has 0 aromatic carbocycles. The van der Waals surface area contributed by atoms with Gasteiger partial charge in [-0.15, -0.1) is 0 Å². The molecule has 5 heterocycles. The van der Waals surface area contributed by atoms with Crippen molar-refractivity contribution >= 4 is 41.8 Å². The number of allylic oxidation sites excluding steroid dienone is 1. The van der Waals surface area contributed by atoms with Crippen LogP contribution in [-0.2, 0) is 9.53 Å². The van der Waals surface area contributed by atoms with Crippen LogP contribution < -0.4 is 26.6 Å². The first-order valence-corrected chi connectivity index (χ1v) is 13.9. The second-order valence-electron chi connectivity index (χ2n) is 11.4. The van der Waals surface area contributed by atoms with Gasteiger partial charge in [0.05, 0.1) is 30.1 Å². The van der Waals surface area contributed by atoms with E-state index < -0.39 is 11.9 Å². The number of aliphatic hydroxyl groups excluding tert-OH is 1. The number of Topliss-reactive ketones (excluding diaryl/α,β-unsaturated/α-hetero) is 1. The average molecular weight is 541 g/mol. The van der Waals surface area contributed by atoms with Crippen LogP contribution in [0.25, 0.3) is 30.1 Å². The van der Waals surface area contributed by atoms with Crippen molar-refractivity contribution in [3.63, 3.8) is 0 Å². The molecule has 3 aliphatic rings. The largest absolute Gasteiger partial charge is 0.515 e. The van der Waals surface area contributed by atoms with Gasteiger partial charge in [0.15, 0.2) is 5.78 Å². The standard InChI is InChI=1S/C32H36N4O4/c1-8-18-15(4)23-9-20-13(2)14(3)21(33-20)11-25-19(12-37)16(5)22(34-25)10-24-17(6)26-30(36-24)27(29(18)35-23)28(31(26)38)32(39)40-7/h9-12,15,18,28-29,33-37H,8H2,1-7H3/b19-12-,23-9-,24-10-,25-11-/t15-,18-,28+,29?/m0/s1. The molecule has 40 heavy (non-hydrogen) atoms. The van der Waals surface area contributed by atoms with E-state index in [0.29, 0.717) is 16.1 Å². The smallest absolute Gasteiger partial charge is 0.320 e. The van der Waals surface area contributed by atoms with Gasteiger partial charge in [-0.25, -0.2) is 0 Å². The van der Waals surface area contributed by atoms with Gasteiger partial charge in [-0.2, -0.15) is 0 Å². The van der Waals surface area contributed by atoms with Gasteiger partial charge in [-0.05, 0) is 79.7 Å². The van der Waals surface area contributed by atoms with Crippen molar-refractivity contribution in [1.29, 1.82) is 0 Å². The maximum atomic E-state index is 13.9. The third-order valence-electron chi connectivity index (χ3n) is 9.54. The minimum absolute atomic E-state index is 0.178. The number of H-pyrrole nitrogens is 3. The molecule has 8 heteroatoms. The lowest BCUT2D eigenvalue weighted by molar-refractivity contribution is -0.141. The van der Waals surface area contributed by atoms with E-state index in [4.69, 9.17) is 4.74 Å². The lowest BCUT2D eigenvalue weighted by Gasteiger charge is -2.24. The highest BCUT2D eigenvalue weighted by Gasteiger charge is 2.48. The monoisotopic (exact) mass is 540 g/mol. The Hall–Kier alpha value is -4.20. The summed E-state index contributed by atoms with van der Waals surface area (Å²) in [4.78, 5) is 37.5. The number of hydrogen-bond acceptors (Lipinski definition) is 5. The number of carbonyl (C=O) groups excluding carboxylic acids is 2. The number of aromatic nitrogens is 3. The van der Waals surface area contributed by atoms with Crippen molar-refractivity contribution in [1.82, 2.24) is 20.3 Å². The molecule has 4 atom stereocenters. The zero-order valence-electron chi connectivity index (χ0n) is 24.0. The number of ether oxygens (including phenoxy) is 1. The van der Waals surface area contributed by atoms with Crippen molar-refractivity contribution < 1.29 is 19.4 Å². The Morgan fingerprint density at radius 1 is 0.950 bits per heavy atom. The Kier molecular flexibility index (Phi) is 5.98. The van der Waals surface area contributed by atoms with Gasteiger partial charge >= 0.3 is 5.97 Å². The zero-order chi connectivity index (χ0) is 28.6. The summed E-state index contributed by atoms with van der Waals surface area (Å²) >= 11 is 0. The van der Waals surface area contributed by atoms with Crippen LogP contribution in [0.4, 0.5) is 0 Å². The molecular weight excluding hydrogens is 504 g/mol. The Labute approximate surface area is 232 Å². The molecule has 208 valence electrons. The number of aliphatic hydroxyl groups is 1. The fraction of sp³-hybridized carbons (Fsp3) is 0.375. The molecule has 0 spiro atoms. The van der Waals surface area contributed by atoms with Crippen molar-refractivity contribution in [2.24, 2.45) is 17.8 Å². The molecule has 1 aliphatic carbocycles. The number of methoxy groups -OCH3 is 1. The van der Waals surface area contributed by atoms with E-state index in [2.05, 4.69) is 54.0 Å². The number of esters is 1. The summed E-state index contributed by atoms with van der Waals surface area (Å²) in [5.74, 6) is -1.39. The summed E-state index contributed by atoms with van der Waals surface area (Å²) in [6.45, 7) is 12.4. The van der Waals surface area contributed by atoms with Crippen molar-refractivity contribution in [3.05, 3.63) is 71.9 Å². The van der Waals surface area contributed by atoms with Gasteiger partial charge in [0, 0.05) is 44.8 Å². The molecule has 8 nitrogen and oxygen atoms in total. The molecule has 1 saturated heterocycles. The Bertz CT molecular complexity index is 1880. The zero-order valence-corrected chi connectivity index (χ0v) is 24.0. The van der Waals surface area contributed by atoms with Crippen molar-refractivity contribution in [2.75, 3.05) is 7.11 Å². The molecule has 0 amide bonds. The minimum atomic E-state index is -0.985. The fourth-order valence-electron chi connectivity index (χ4n) is 6.95. The first kappa shape index (κ1) is 26.0. The molecule has 3 aromatic heterocycles. The minimum Gasteiger partial charge on any atom is -0.515 e. The second-order valence-corrected chi connectivity index (χ2v) is 11.4. The molecule has 3 aromatic rings. The third-order valence-corrected chi connectivity index (χ3v) is 9.54. The number of hydrogen-bond donors (Lipinski definition) is 5. The highest BCUT2D eigenvalue weighted by Crippen LogP contribution is 2.41. The van der Waals surface area contributed by atoms with Crippen LogP contribution in [-0.4, -0.2) is 45.0 Å². The van der Waals surface area contributed by atoms with Gasteiger partial charge < -0.3 is 30.1 Å². The molecular formula is C32H36N4O4. The van der Waals surface area contributed by atoms with Crippen LogP contribution in [0.5, 0.6) is 0 Å². The highest BCUT2D eigenvalue weighted by atomic mass is 16.5. The van der Waals surface area contributed by atoms with Crippen molar-refractivity contribution in [2.45, 2.75) is 54.0 Å². The van der Waals surface area contributed by atoms with E-state index >= 15 is 0 Å². The topological polar surface area (TPSA) is 123 Å². The summed E-state index contributed by atoms with van der Waals surface area (Å²) in [6, 6.07) is -0.212. The van der Waals surface area contributed by atoms with Crippen LogP contribution in [0.15, 0.2) is 5.70 Å². The highest BCUT2D eigenvalue weighted by molar-refractivity contribution is 6.19. The quantitative estimate of drug-likeness (QED) is 0.251. The number of carbonyl (C=O) groups is 2. The third kappa shape index (κ3) is 3.51. The van der Waals surface area contributed by atoms with Crippen LogP contribution >= 0.6 is 0 Å². The maximum Gasteiger partial charge on any atom is 0.320 e. The predicted octanol–water partition coefficient (Wildman–Crippen LogP) is 1.98. The maximum absolute atomic E-state index is 13.9. The van der Waals surface area contributed by atoms with Crippen LogP contribution in [0.3, 0.4) is 0 Å². The summed E-state index contributed by atoms with van der Waals surface area (Å²) in [7, 11) is 1.34. The normalized spacial score (nSPS) is 26.6. The Balaban J connectivity index is 1.75. The molecule has 1 fully saturated rings.